The summed E-state index contributed by atoms with van der Waals surface area (Å²) >= 11 is 3.22. The molecule has 0 heterocycles. The van der Waals surface area contributed by atoms with Crippen molar-refractivity contribution in [2.45, 2.75) is 18.9 Å². The monoisotopic (exact) mass is 563 g/mol. The maximum atomic E-state index is 10.9. The molecule has 0 bridgehead atoms. The molecule has 198 valence electrons. The fourth-order valence-corrected chi connectivity index (χ4v) is 2.26. The van der Waals surface area contributed by atoms with Gasteiger partial charge in [-0.2, -0.15) is 0 Å². The van der Waals surface area contributed by atoms with Crippen LogP contribution in [0.3, 0.4) is 0 Å². The number of halogens is 1. The minimum absolute atomic E-state index is 0.0461. The Morgan fingerprint density at radius 1 is 1.11 bits per heavy atom. The van der Waals surface area contributed by atoms with Crippen molar-refractivity contribution in [1.29, 1.82) is 0 Å². The van der Waals surface area contributed by atoms with Crippen LogP contribution in [0, 0.1) is 0 Å². The van der Waals surface area contributed by atoms with Crippen LogP contribution >= 0.6 is 15.9 Å². The number of likely N-dealkylation sites (N-methyl/N-ethyl adjacent to an activating group) is 1. The van der Waals surface area contributed by atoms with Crippen LogP contribution < -0.4 is 10.1 Å². The Morgan fingerprint density at radius 2 is 1.72 bits per heavy atom. The van der Waals surface area contributed by atoms with E-state index in [1.165, 1.54) is 0 Å². The smallest absolute Gasteiger partial charge is 0.307 e. The molecule has 1 rings (SSSR count). The van der Waals surface area contributed by atoms with Crippen molar-refractivity contribution in [3.63, 3.8) is 0 Å². The van der Waals surface area contributed by atoms with Crippen molar-refractivity contribution in [1.82, 2.24) is 5.32 Å². The van der Waals surface area contributed by atoms with E-state index in [1.54, 1.807) is 56.7 Å². The van der Waals surface area contributed by atoms with E-state index < -0.39 is 12.1 Å². The summed E-state index contributed by atoms with van der Waals surface area (Å²) in [4.78, 5) is 31.5. The van der Waals surface area contributed by atoms with Gasteiger partial charge in [0.2, 0.25) is 0 Å². The predicted octanol–water partition coefficient (Wildman–Crippen LogP) is 5.71. The standard InChI is InChI=1S/C16H16O3.C8H12BrNO2.C2H6O.C2H4/c1-2-3-4-5-6-7-16(13-18)19-15-10-8-14(12-17)9-11-15;1-10-6-2-3-7(9)4-5-8(11)12;1-3-2;1-2/h2-6,8-13,16H,1,7H2;2-4,10H,5-6H2,1H3,(H,11,12);1-2H3;1-2H2/b4-3-,6-5-;3-2-,7-4+;;. The van der Waals surface area contributed by atoms with Gasteiger partial charge in [-0.05, 0) is 31.3 Å². The molecule has 0 aliphatic carbocycles. The number of carboxylic acids is 1. The Kier molecular flexibility index (Phi) is 30.7. The van der Waals surface area contributed by atoms with E-state index in [-0.39, 0.29) is 6.42 Å². The largest absolute Gasteiger partial charge is 0.483 e. The first-order chi connectivity index (χ1) is 17.4. The minimum Gasteiger partial charge on any atom is -0.483 e. The average molecular weight is 565 g/mol. The number of nitrogens with one attached hydrogen (secondary N) is 1. The van der Waals surface area contributed by atoms with Gasteiger partial charge in [0.1, 0.15) is 12.0 Å². The van der Waals surface area contributed by atoms with E-state index in [0.717, 1.165) is 23.6 Å². The number of aldehydes is 2. The van der Waals surface area contributed by atoms with Gasteiger partial charge in [-0.1, -0.05) is 71.1 Å². The molecule has 7 nitrogen and oxygen atoms in total. The van der Waals surface area contributed by atoms with Gasteiger partial charge in [0.15, 0.2) is 12.4 Å². The summed E-state index contributed by atoms with van der Waals surface area (Å²) < 4.78 is 10.5. The molecule has 0 aliphatic heterocycles. The summed E-state index contributed by atoms with van der Waals surface area (Å²) in [5.41, 5.74) is 0.574. The molecular formula is C28H38BrNO6. The van der Waals surface area contributed by atoms with E-state index in [2.05, 4.69) is 45.7 Å². The van der Waals surface area contributed by atoms with Crippen LogP contribution in [0.1, 0.15) is 23.2 Å². The molecule has 36 heavy (non-hydrogen) atoms. The fourth-order valence-electron chi connectivity index (χ4n) is 1.91. The molecule has 1 atom stereocenters. The number of methoxy groups -OCH3 is 1. The SMILES string of the molecule is C=C.C=C/C=C\C=C/CC(C=O)Oc1ccc(C=O)cc1.CNC/C=C\C(Br)=C/CC(=O)O.COC. The van der Waals surface area contributed by atoms with Crippen LogP contribution in [0.2, 0.25) is 0 Å². The molecule has 8 heteroatoms. The summed E-state index contributed by atoms with van der Waals surface area (Å²) in [6.07, 6.45) is 15.8. The second kappa shape index (κ2) is 29.7. The van der Waals surface area contributed by atoms with Crippen LogP contribution in [-0.2, 0) is 14.3 Å². The first kappa shape index (κ1) is 37.2. The van der Waals surface area contributed by atoms with Crippen molar-refractivity contribution in [2.75, 3.05) is 27.8 Å². The molecule has 0 spiro atoms. The zero-order chi connectivity index (χ0) is 28.0. The van der Waals surface area contributed by atoms with E-state index in [1.807, 2.05) is 37.4 Å². The first-order valence-corrected chi connectivity index (χ1v) is 11.6. The van der Waals surface area contributed by atoms with Gasteiger partial charge in [0, 0.05) is 37.2 Å². The van der Waals surface area contributed by atoms with Gasteiger partial charge < -0.3 is 19.9 Å². The van der Waals surface area contributed by atoms with Crippen LogP contribution in [0.25, 0.3) is 0 Å². The van der Waals surface area contributed by atoms with Gasteiger partial charge in [-0.3, -0.25) is 14.4 Å². The molecule has 0 saturated heterocycles. The molecule has 1 aromatic rings. The first-order valence-electron chi connectivity index (χ1n) is 10.8. The third kappa shape index (κ3) is 26.9. The highest BCUT2D eigenvalue weighted by atomic mass is 79.9. The van der Waals surface area contributed by atoms with Gasteiger partial charge in [0.25, 0.3) is 0 Å². The lowest BCUT2D eigenvalue weighted by Gasteiger charge is -2.11. The Morgan fingerprint density at radius 3 is 2.19 bits per heavy atom. The summed E-state index contributed by atoms with van der Waals surface area (Å²) in [7, 11) is 5.10. The third-order valence-electron chi connectivity index (χ3n) is 3.39. The number of carbonyl (C=O) groups is 3. The molecule has 0 saturated carbocycles. The summed E-state index contributed by atoms with van der Waals surface area (Å²) in [6, 6.07) is 6.63. The van der Waals surface area contributed by atoms with E-state index in [0.29, 0.717) is 17.7 Å². The lowest BCUT2D eigenvalue weighted by molar-refractivity contribution is -0.136. The Labute approximate surface area is 223 Å². The molecule has 0 aliphatic rings. The highest BCUT2D eigenvalue weighted by Gasteiger charge is 2.06. The molecule has 2 N–H and O–H groups in total. The fraction of sp³-hybridized carbons (Fsp3) is 0.250. The van der Waals surface area contributed by atoms with Gasteiger partial charge in [-0.15, -0.1) is 13.2 Å². The molecule has 1 unspecified atom stereocenters. The third-order valence-corrected chi connectivity index (χ3v) is 3.98. The summed E-state index contributed by atoms with van der Waals surface area (Å²) in [5, 5.41) is 11.3. The predicted molar refractivity (Wildman–Crippen MR) is 152 cm³/mol. The highest BCUT2D eigenvalue weighted by Crippen LogP contribution is 2.14. The van der Waals surface area contributed by atoms with Crippen molar-refractivity contribution >= 4 is 34.5 Å². The van der Waals surface area contributed by atoms with E-state index in [4.69, 9.17) is 9.84 Å². The molecule has 0 aromatic heterocycles. The second-order valence-corrected chi connectivity index (χ2v) is 7.23. The van der Waals surface area contributed by atoms with E-state index in [9.17, 15) is 14.4 Å². The van der Waals surface area contributed by atoms with Crippen LogP contribution in [0.5, 0.6) is 5.75 Å². The molecule has 0 radical (unpaired) electrons. The second-order valence-electron chi connectivity index (χ2n) is 6.32. The average Bonchev–Trinajstić information content (AvgIpc) is 2.89. The summed E-state index contributed by atoms with van der Waals surface area (Å²) in [5.74, 6) is -0.258. The van der Waals surface area contributed by atoms with Gasteiger partial charge >= 0.3 is 5.97 Å². The van der Waals surface area contributed by atoms with Crippen molar-refractivity contribution in [3.05, 3.63) is 103 Å². The molecule has 0 amide bonds. The number of carbonyl (C=O) groups excluding carboxylic acids is 2. The number of hydrogen-bond acceptors (Lipinski definition) is 6. The molecule has 0 fully saturated rings. The maximum Gasteiger partial charge on any atom is 0.307 e. The molecule has 1 aromatic carbocycles. The normalized spacial score (nSPS) is 11.3. The number of rotatable bonds is 13. The Balaban J connectivity index is -0.000000550. The Hall–Kier alpha value is -3.33. The van der Waals surface area contributed by atoms with Gasteiger partial charge in [0.05, 0.1) is 6.42 Å². The zero-order valence-corrected chi connectivity index (χ0v) is 22.9. The molecular weight excluding hydrogens is 526 g/mol. The maximum absolute atomic E-state index is 10.9. The number of benzene rings is 1. The van der Waals surface area contributed by atoms with Crippen LogP contribution in [-0.4, -0.2) is 57.6 Å². The number of allylic oxidation sites excluding steroid dienone is 6. The zero-order valence-electron chi connectivity index (χ0n) is 21.3. The minimum atomic E-state index is -0.825. The lowest BCUT2D eigenvalue weighted by atomic mass is 10.2. The summed E-state index contributed by atoms with van der Waals surface area (Å²) in [6.45, 7) is 10.3. The van der Waals surface area contributed by atoms with Gasteiger partial charge in [-0.25, -0.2) is 0 Å². The lowest BCUT2D eigenvalue weighted by Crippen LogP contribution is -2.16. The van der Waals surface area contributed by atoms with E-state index >= 15 is 0 Å². The topological polar surface area (TPSA) is 102 Å². The number of carboxylic acid groups (broad SMARTS) is 1. The Bertz CT molecular complexity index is 829. The van der Waals surface area contributed by atoms with Crippen LogP contribution in [0.15, 0.2) is 97.1 Å². The highest BCUT2D eigenvalue weighted by molar-refractivity contribution is 9.11. The quantitative estimate of drug-likeness (QED) is 0.180. The number of ether oxygens (including phenoxy) is 2. The van der Waals surface area contributed by atoms with Crippen molar-refractivity contribution in [2.24, 2.45) is 0 Å². The van der Waals surface area contributed by atoms with Crippen molar-refractivity contribution < 1.29 is 29.0 Å². The van der Waals surface area contributed by atoms with Crippen LogP contribution in [0.4, 0.5) is 0 Å². The van der Waals surface area contributed by atoms with Crippen molar-refractivity contribution in [3.8, 4) is 5.75 Å². The number of hydrogen-bond donors (Lipinski definition) is 2. The number of aliphatic carboxylic acids is 1.